The molecule has 0 fully saturated rings. The molecule has 0 saturated carbocycles. The number of hydrogen-bond acceptors (Lipinski definition) is 4. The summed E-state index contributed by atoms with van der Waals surface area (Å²) in [5.74, 6) is 1.61. The maximum Gasteiger partial charge on any atom is 0.252 e. The Balaban J connectivity index is 2.13. The Morgan fingerprint density at radius 2 is 1.95 bits per heavy atom. The second kappa shape index (κ2) is 6.14. The van der Waals surface area contributed by atoms with Crippen molar-refractivity contribution in [1.82, 2.24) is 5.32 Å². The zero-order chi connectivity index (χ0) is 14.5. The van der Waals surface area contributed by atoms with Gasteiger partial charge in [0.2, 0.25) is 0 Å². The number of furan rings is 1. The molecule has 106 valence electrons. The number of methoxy groups -OCH3 is 2. The molecule has 0 spiro atoms. The number of rotatable bonds is 5. The van der Waals surface area contributed by atoms with Crippen LogP contribution < -0.4 is 14.8 Å². The molecule has 1 atom stereocenters. The van der Waals surface area contributed by atoms with Crippen LogP contribution in [0.1, 0.15) is 29.1 Å². The quantitative estimate of drug-likeness (QED) is 0.911. The van der Waals surface area contributed by atoms with Gasteiger partial charge in [-0.3, -0.25) is 4.79 Å². The zero-order valence-electron chi connectivity index (χ0n) is 11.7. The highest BCUT2D eigenvalue weighted by atomic mass is 16.5. The maximum absolute atomic E-state index is 12.2. The van der Waals surface area contributed by atoms with E-state index in [0.717, 1.165) is 0 Å². The first-order valence-corrected chi connectivity index (χ1v) is 6.22. The van der Waals surface area contributed by atoms with Gasteiger partial charge in [0.15, 0.2) is 11.5 Å². The molecule has 1 unspecified atom stereocenters. The molecule has 0 aliphatic rings. The molecule has 1 heterocycles. The summed E-state index contributed by atoms with van der Waals surface area (Å²) in [6, 6.07) is 8.43. The summed E-state index contributed by atoms with van der Waals surface area (Å²) < 4.78 is 15.6. The number of benzene rings is 1. The SMILES string of the molecule is COc1ccc(C(=O)NC(C)c2ccco2)cc1OC. The van der Waals surface area contributed by atoms with E-state index in [-0.39, 0.29) is 11.9 Å². The Morgan fingerprint density at radius 1 is 1.20 bits per heavy atom. The highest BCUT2D eigenvalue weighted by molar-refractivity contribution is 5.95. The van der Waals surface area contributed by atoms with E-state index in [1.54, 1.807) is 37.6 Å². The molecular weight excluding hydrogens is 258 g/mol. The summed E-state index contributed by atoms with van der Waals surface area (Å²) in [6.07, 6.45) is 1.58. The van der Waals surface area contributed by atoms with Crippen molar-refractivity contribution < 1.29 is 18.7 Å². The van der Waals surface area contributed by atoms with E-state index in [1.807, 2.05) is 13.0 Å². The molecule has 20 heavy (non-hydrogen) atoms. The second-order valence-electron chi connectivity index (χ2n) is 4.28. The Morgan fingerprint density at radius 3 is 2.55 bits per heavy atom. The highest BCUT2D eigenvalue weighted by Gasteiger charge is 2.15. The normalized spacial score (nSPS) is 11.8. The van der Waals surface area contributed by atoms with Gasteiger partial charge in [0, 0.05) is 5.56 Å². The molecule has 5 heteroatoms. The molecule has 1 aromatic heterocycles. The van der Waals surface area contributed by atoms with Gasteiger partial charge in [-0.1, -0.05) is 0 Å². The Labute approximate surface area is 117 Å². The first kappa shape index (κ1) is 14.0. The van der Waals surface area contributed by atoms with Crippen molar-refractivity contribution in [2.24, 2.45) is 0 Å². The fraction of sp³-hybridized carbons (Fsp3) is 0.267. The fourth-order valence-electron chi connectivity index (χ4n) is 1.87. The van der Waals surface area contributed by atoms with Gasteiger partial charge in [0.05, 0.1) is 26.5 Å². The van der Waals surface area contributed by atoms with E-state index in [1.165, 1.54) is 7.11 Å². The number of carbonyl (C=O) groups excluding carboxylic acids is 1. The Hall–Kier alpha value is -2.43. The smallest absolute Gasteiger partial charge is 0.252 e. The van der Waals surface area contributed by atoms with Gasteiger partial charge in [0.25, 0.3) is 5.91 Å². The van der Waals surface area contributed by atoms with Crippen LogP contribution in [0.5, 0.6) is 11.5 Å². The van der Waals surface area contributed by atoms with Crippen molar-refractivity contribution in [3.8, 4) is 11.5 Å². The average molecular weight is 275 g/mol. The van der Waals surface area contributed by atoms with Crippen molar-refractivity contribution in [3.05, 3.63) is 47.9 Å². The predicted octanol–water partition coefficient (Wildman–Crippen LogP) is 2.79. The molecule has 2 aromatic rings. The van der Waals surface area contributed by atoms with Crippen molar-refractivity contribution in [3.63, 3.8) is 0 Å². The van der Waals surface area contributed by atoms with Gasteiger partial charge in [-0.15, -0.1) is 0 Å². The second-order valence-corrected chi connectivity index (χ2v) is 4.28. The molecule has 0 saturated heterocycles. The molecule has 0 radical (unpaired) electrons. The number of carbonyl (C=O) groups is 1. The van der Waals surface area contributed by atoms with E-state index in [0.29, 0.717) is 22.8 Å². The van der Waals surface area contributed by atoms with Crippen LogP contribution >= 0.6 is 0 Å². The molecule has 1 aromatic carbocycles. The first-order valence-electron chi connectivity index (χ1n) is 6.22. The molecule has 0 aliphatic carbocycles. The van der Waals surface area contributed by atoms with Crippen LogP contribution in [-0.2, 0) is 0 Å². The maximum atomic E-state index is 12.2. The highest BCUT2D eigenvalue weighted by Crippen LogP contribution is 2.27. The first-order chi connectivity index (χ1) is 9.65. The molecule has 5 nitrogen and oxygen atoms in total. The minimum absolute atomic E-state index is 0.199. The van der Waals surface area contributed by atoms with Crippen LogP contribution in [0.15, 0.2) is 41.0 Å². The van der Waals surface area contributed by atoms with E-state index in [2.05, 4.69) is 5.32 Å². The van der Waals surface area contributed by atoms with Crippen molar-refractivity contribution in [2.45, 2.75) is 13.0 Å². The van der Waals surface area contributed by atoms with Gasteiger partial charge < -0.3 is 19.2 Å². The third-order valence-corrected chi connectivity index (χ3v) is 2.96. The van der Waals surface area contributed by atoms with Crippen LogP contribution in [0, 0.1) is 0 Å². The lowest BCUT2D eigenvalue weighted by Gasteiger charge is -2.13. The average Bonchev–Trinajstić information content (AvgIpc) is 3.00. The van der Waals surface area contributed by atoms with Crippen LogP contribution in [0.4, 0.5) is 0 Å². The topological polar surface area (TPSA) is 60.7 Å². The molecule has 1 amide bonds. The summed E-state index contributed by atoms with van der Waals surface area (Å²) in [5, 5.41) is 2.86. The lowest BCUT2D eigenvalue weighted by molar-refractivity contribution is 0.0935. The van der Waals surface area contributed by atoms with Crippen LogP contribution in [0.2, 0.25) is 0 Å². The Bertz CT molecular complexity index is 578. The number of hydrogen-bond donors (Lipinski definition) is 1. The summed E-state index contributed by atoms with van der Waals surface area (Å²) >= 11 is 0. The van der Waals surface area contributed by atoms with Crippen LogP contribution in [0.3, 0.4) is 0 Å². The van der Waals surface area contributed by atoms with Crippen LogP contribution in [0.25, 0.3) is 0 Å². The summed E-state index contributed by atoms with van der Waals surface area (Å²) in [7, 11) is 3.08. The van der Waals surface area contributed by atoms with E-state index in [4.69, 9.17) is 13.9 Å². The van der Waals surface area contributed by atoms with E-state index >= 15 is 0 Å². The summed E-state index contributed by atoms with van der Waals surface area (Å²) in [4.78, 5) is 12.2. The van der Waals surface area contributed by atoms with E-state index in [9.17, 15) is 4.79 Å². The zero-order valence-corrected chi connectivity index (χ0v) is 11.7. The molecular formula is C15H17NO4. The third kappa shape index (κ3) is 2.93. The molecule has 1 N–H and O–H groups in total. The number of amides is 1. The van der Waals surface area contributed by atoms with Gasteiger partial charge in [0.1, 0.15) is 5.76 Å². The lowest BCUT2D eigenvalue weighted by Crippen LogP contribution is -2.26. The van der Waals surface area contributed by atoms with E-state index < -0.39 is 0 Å². The van der Waals surface area contributed by atoms with Gasteiger partial charge in [-0.25, -0.2) is 0 Å². The molecule has 0 aliphatic heterocycles. The summed E-state index contributed by atoms with van der Waals surface area (Å²) in [6.45, 7) is 1.86. The molecule has 2 rings (SSSR count). The monoisotopic (exact) mass is 275 g/mol. The standard InChI is InChI=1S/C15H17NO4/c1-10(12-5-4-8-20-12)16-15(17)11-6-7-13(18-2)14(9-11)19-3/h4-10H,1-3H3,(H,16,17). The van der Waals surface area contributed by atoms with Crippen LogP contribution in [-0.4, -0.2) is 20.1 Å². The molecule has 0 bridgehead atoms. The van der Waals surface area contributed by atoms with Gasteiger partial charge in [-0.05, 0) is 37.3 Å². The summed E-state index contributed by atoms with van der Waals surface area (Å²) in [5.41, 5.74) is 0.501. The minimum atomic E-state index is -0.203. The van der Waals surface area contributed by atoms with Crippen molar-refractivity contribution >= 4 is 5.91 Å². The third-order valence-electron chi connectivity index (χ3n) is 2.96. The predicted molar refractivity (Wildman–Crippen MR) is 74.1 cm³/mol. The largest absolute Gasteiger partial charge is 0.493 e. The number of nitrogens with one attached hydrogen (secondary N) is 1. The van der Waals surface area contributed by atoms with Crippen molar-refractivity contribution in [2.75, 3.05) is 14.2 Å². The number of ether oxygens (including phenoxy) is 2. The van der Waals surface area contributed by atoms with Gasteiger partial charge in [-0.2, -0.15) is 0 Å². The minimum Gasteiger partial charge on any atom is -0.493 e. The van der Waals surface area contributed by atoms with Gasteiger partial charge >= 0.3 is 0 Å². The lowest BCUT2D eigenvalue weighted by atomic mass is 10.1. The van der Waals surface area contributed by atoms with Crippen molar-refractivity contribution in [1.29, 1.82) is 0 Å². The fourth-order valence-corrected chi connectivity index (χ4v) is 1.87. The Kier molecular flexibility index (Phi) is 4.30.